The molecule has 0 radical (unpaired) electrons. The number of rotatable bonds is 2. The zero-order valence-electron chi connectivity index (χ0n) is 10.6. The summed E-state index contributed by atoms with van der Waals surface area (Å²) in [5, 5.41) is 17.5. The Morgan fingerprint density at radius 2 is 1.53 bits per heavy atom. The maximum absolute atomic E-state index is 10.8. The molecule has 1 atom stereocenters. The van der Waals surface area contributed by atoms with Crippen LogP contribution in [-0.4, -0.2) is 22.2 Å². The number of aliphatic carboxylic acids is 2. The predicted octanol–water partition coefficient (Wildman–Crippen LogP) is 2.73. The number of hydrogen-bond acceptors (Lipinski definition) is 2. The average molecular weight is 260 g/mol. The number of carboxylic acid groups (broad SMARTS) is 2. The number of hydrogen-bond donors (Lipinski definition) is 2. The Labute approximate surface area is 111 Å². The molecule has 0 saturated heterocycles. The Kier molecular flexibility index (Phi) is 5.06. The lowest BCUT2D eigenvalue weighted by molar-refractivity contribution is -0.145. The highest BCUT2D eigenvalue weighted by Crippen LogP contribution is 2.31. The van der Waals surface area contributed by atoms with Crippen molar-refractivity contribution in [2.24, 2.45) is 5.41 Å². The molecule has 0 saturated carbocycles. The molecular weight excluding hydrogens is 244 g/mol. The smallest absolute Gasteiger partial charge is 0.331 e. The van der Waals surface area contributed by atoms with Crippen LogP contribution in [0.4, 0.5) is 0 Å². The van der Waals surface area contributed by atoms with E-state index in [4.69, 9.17) is 10.2 Å². The Bertz CT molecular complexity index is 475. The van der Waals surface area contributed by atoms with Crippen molar-refractivity contribution in [2.75, 3.05) is 0 Å². The van der Waals surface area contributed by atoms with Gasteiger partial charge in [-0.2, -0.15) is 0 Å². The Morgan fingerprint density at radius 1 is 1.05 bits per heavy atom. The molecule has 0 amide bonds. The molecular formula is C15H16O4. The number of benzene rings is 1. The molecule has 1 aromatic rings. The summed E-state index contributed by atoms with van der Waals surface area (Å²) in [6.07, 6.45) is 4.43. The highest BCUT2D eigenvalue weighted by Gasteiger charge is 2.34. The van der Waals surface area contributed by atoms with Crippen LogP contribution in [0.15, 0.2) is 60.2 Å². The number of carboxylic acids is 2. The number of allylic oxidation sites excluding steroid dienone is 2. The van der Waals surface area contributed by atoms with Crippen LogP contribution in [0.1, 0.15) is 13.3 Å². The van der Waals surface area contributed by atoms with Crippen LogP contribution in [-0.2, 0) is 9.59 Å². The largest absolute Gasteiger partial charge is 0.481 e. The second-order valence-corrected chi connectivity index (χ2v) is 4.41. The van der Waals surface area contributed by atoms with E-state index in [9.17, 15) is 9.59 Å². The third-order valence-electron chi connectivity index (χ3n) is 2.75. The molecule has 1 aliphatic carbocycles. The van der Waals surface area contributed by atoms with E-state index in [1.807, 2.05) is 36.4 Å². The summed E-state index contributed by atoms with van der Waals surface area (Å²) in [6.45, 7) is 1.50. The minimum absolute atomic E-state index is 0.0359. The van der Waals surface area contributed by atoms with Crippen LogP contribution >= 0.6 is 0 Å². The van der Waals surface area contributed by atoms with Crippen molar-refractivity contribution in [3.05, 3.63) is 60.2 Å². The molecule has 0 spiro atoms. The molecule has 0 heterocycles. The van der Waals surface area contributed by atoms with Gasteiger partial charge < -0.3 is 10.2 Å². The van der Waals surface area contributed by atoms with Crippen molar-refractivity contribution in [2.45, 2.75) is 13.3 Å². The molecule has 2 rings (SSSR count). The minimum Gasteiger partial charge on any atom is -0.481 e. The molecule has 0 fully saturated rings. The van der Waals surface area contributed by atoms with Gasteiger partial charge in [0.05, 0.1) is 5.41 Å². The van der Waals surface area contributed by atoms with E-state index in [0.717, 1.165) is 0 Å². The zero-order chi connectivity index (χ0) is 14.3. The molecule has 1 unspecified atom stereocenters. The molecule has 0 bridgehead atoms. The van der Waals surface area contributed by atoms with Gasteiger partial charge in [-0.25, -0.2) is 4.79 Å². The molecule has 4 nitrogen and oxygen atoms in total. The fraction of sp³-hybridized carbons (Fsp3) is 0.200. The maximum Gasteiger partial charge on any atom is 0.331 e. The Morgan fingerprint density at radius 3 is 1.89 bits per heavy atom. The summed E-state index contributed by atoms with van der Waals surface area (Å²) in [6, 6.07) is 12.0. The maximum atomic E-state index is 10.8. The molecule has 1 aromatic carbocycles. The Balaban J connectivity index is 0.000000250. The van der Waals surface area contributed by atoms with E-state index in [1.165, 1.54) is 25.2 Å². The number of carbonyl (C=O) groups is 2. The third-order valence-corrected chi connectivity index (χ3v) is 2.75. The van der Waals surface area contributed by atoms with Crippen molar-refractivity contribution in [3.8, 4) is 0 Å². The Hall–Kier alpha value is -2.36. The predicted molar refractivity (Wildman–Crippen MR) is 71.7 cm³/mol. The SMILES string of the molecule is CC1(C(=O)O)C=CC=C(C(=O)O)C1.c1ccccc1. The standard InChI is InChI=1S/C9H10O4.C6H6/c1-9(8(12)13)4-2-3-6(5-9)7(10)11;1-2-4-6-5-3-1/h2-4H,5H2,1H3,(H,10,11)(H,12,13);1-6H. The van der Waals surface area contributed by atoms with Gasteiger partial charge in [0.25, 0.3) is 0 Å². The van der Waals surface area contributed by atoms with E-state index >= 15 is 0 Å². The highest BCUT2D eigenvalue weighted by atomic mass is 16.4. The summed E-state index contributed by atoms with van der Waals surface area (Å²) in [7, 11) is 0. The lowest BCUT2D eigenvalue weighted by atomic mass is 9.80. The monoisotopic (exact) mass is 260 g/mol. The van der Waals surface area contributed by atoms with E-state index in [2.05, 4.69) is 0 Å². The van der Waals surface area contributed by atoms with Crippen molar-refractivity contribution in [1.29, 1.82) is 0 Å². The quantitative estimate of drug-likeness (QED) is 0.857. The molecule has 4 heteroatoms. The summed E-state index contributed by atoms with van der Waals surface area (Å²) in [5.41, 5.74) is -0.949. The van der Waals surface area contributed by atoms with Gasteiger partial charge in [0.2, 0.25) is 0 Å². The summed E-state index contributed by atoms with van der Waals surface area (Å²) in [5.74, 6) is -2.06. The van der Waals surface area contributed by atoms with Gasteiger partial charge in [-0.15, -0.1) is 0 Å². The van der Waals surface area contributed by atoms with Crippen LogP contribution in [0.3, 0.4) is 0 Å². The van der Waals surface area contributed by atoms with Crippen molar-refractivity contribution in [3.63, 3.8) is 0 Å². The van der Waals surface area contributed by atoms with Crippen molar-refractivity contribution < 1.29 is 19.8 Å². The van der Waals surface area contributed by atoms with Crippen LogP contribution < -0.4 is 0 Å². The first-order valence-corrected chi connectivity index (χ1v) is 5.81. The van der Waals surface area contributed by atoms with Gasteiger partial charge in [0, 0.05) is 5.57 Å². The van der Waals surface area contributed by atoms with Crippen LogP contribution in [0.5, 0.6) is 0 Å². The van der Waals surface area contributed by atoms with E-state index in [-0.39, 0.29) is 12.0 Å². The summed E-state index contributed by atoms with van der Waals surface area (Å²) in [4.78, 5) is 21.3. The van der Waals surface area contributed by atoms with E-state index in [1.54, 1.807) is 0 Å². The molecule has 0 aromatic heterocycles. The molecule has 1 aliphatic rings. The van der Waals surface area contributed by atoms with Gasteiger partial charge in [0.1, 0.15) is 0 Å². The first-order chi connectivity index (χ1) is 8.96. The van der Waals surface area contributed by atoms with Gasteiger partial charge in [-0.1, -0.05) is 54.6 Å². The second-order valence-electron chi connectivity index (χ2n) is 4.41. The third kappa shape index (κ3) is 4.43. The average Bonchev–Trinajstić information content (AvgIpc) is 2.41. The first-order valence-electron chi connectivity index (χ1n) is 5.81. The molecule has 100 valence electrons. The van der Waals surface area contributed by atoms with E-state index in [0.29, 0.717) is 0 Å². The van der Waals surface area contributed by atoms with Gasteiger partial charge >= 0.3 is 11.9 Å². The van der Waals surface area contributed by atoms with Gasteiger partial charge in [-0.05, 0) is 13.3 Å². The first kappa shape index (κ1) is 14.7. The van der Waals surface area contributed by atoms with Crippen LogP contribution in [0.25, 0.3) is 0 Å². The second kappa shape index (κ2) is 6.54. The van der Waals surface area contributed by atoms with Crippen LogP contribution in [0.2, 0.25) is 0 Å². The lowest BCUT2D eigenvalue weighted by Gasteiger charge is -2.23. The van der Waals surface area contributed by atoms with E-state index < -0.39 is 17.4 Å². The topological polar surface area (TPSA) is 74.6 Å². The van der Waals surface area contributed by atoms with Gasteiger partial charge in [-0.3, -0.25) is 4.79 Å². The minimum atomic E-state index is -1.08. The molecule has 0 aliphatic heterocycles. The van der Waals surface area contributed by atoms with Crippen molar-refractivity contribution >= 4 is 11.9 Å². The zero-order valence-corrected chi connectivity index (χ0v) is 10.6. The lowest BCUT2D eigenvalue weighted by Crippen LogP contribution is -2.28. The fourth-order valence-electron chi connectivity index (χ4n) is 1.57. The summed E-state index contributed by atoms with van der Waals surface area (Å²) < 4.78 is 0. The highest BCUT2D eigenvalue weighted by molar-refractivity contribution is 5.90. The van der Waals surface area contributed by atoms with Crippen LogP contribution in [0, 0.1) is 5.41 Å². The molecule has 2 N–H and O–H groups in total. The summed E-state index contributed by atoms with van der Waals surface area (Å²) >= 11 is 0. The van der Waals surface area contributed by atoms with Gasteiger partial charge in [0.15, 0.2) is 0 Å². The normalized spacial score (nSPS) is 20.8. The molecule has 19 heavy (non-hydrogen) atoms. The fourth-order valence-corrected chi connectivity index (χ4v) is 1.57. The van der Waals surface area contributed by atoms with Crippen molar-refractivity contribution in [1.82, 2.24) is 0 Å².